The number of hydrogen-bond donors (Lipinski definition) is 0. The second-order valence-corrected chi connectivity index (χ2v) is 5.88. The molecule has 4 rings (SSSR count). The number of benzene rings is 1. The number of methoxy groups -OCH3 is 1. The van der Waals surface area contributed by atoms with E-state index in [2.05, 4.69) is 15.1 Å². The van der Waals surface area contributed by atoms with Crippen LogP contribution in [0.15, 0.2) is 42.6 Å². The summed E-state index contributed by atoms with van der Waals surface area (Å²) in [7, 11) is 1.34. The van der Waals surface area contributed by atoms with Crippen LogP contribution in [0.5, 0.6) is 0 Å². The molecular formula is C18H13ClN4O2. The third-order valence-electron chi connectivity index (χ3n) is 4.02. The molecule has 0 aliphatic rings. The van der Waals surface area contributed by atoms with Crippen LogP contribution >= 0.6 is 11.6 Å². The third-order valence-corrected chi connectivity index (χ3v) is 4.39. The van der Waals surface area contributed by atoms with Crippen LogP contribution in [0.2, 0.25) is 5.02 Å². The Morgan fingerprint density at radius 1 is 1.16 bits per heavy atom. The Labute approximate surface area is 148 Å². The second kappa shape index (κ2) is 5.82. The predicted octanol–water partition coefficient (Wildman–Crippen LogP) is 3.72. The molecule has 0 aliphatic carbocycles. The lowest BCUT2D eigenvalue weighted by Gasteiger charge is -2.08. The first-order valence-electron chi connectivity index (χ1n) is 7.59. The van der Waals surface area contributed by atoms with Crippen LogP contribution in [-0.2, 0) is 4.74 Å². The molecule has 0 saturated heterocycles. The van der Waals surface area contributed by atoms with Crippen molar-refractivity contribution in [3.8, 4) is 5.82 Å². The molecule has 25 heavy (non-hydrogen) atoms. The van der Waals surface area contributed by atoms with E-state index >= 15 is 0 Å². The Hall–Kier alpha value is -2.99. The van der Waals surface area contributed by atoms with E-state index in [1.807, 2.05) is 25.1 Å². The molecule has 3 heterocycles. The number of ether oxygens (including phenoxy) is 1. The molecule has 0 spiro atoms. The van der Waals surface area contributed by atoms with Crippen molar-refractivity contribution in [2.45, 2.75) is 6.92 Å². The molecule has 0 amide bonds. The van der Waals surface area contributed by atoms with Gasteiger partial charge in [0.05, 0.1) is 34.3 Å². The lowest BCUT2D eigenvalue weighted by molar-refractivity contribution is 0.0603. The second-order valence-electron chi connectivity index (χ2n) is 5.50. The Morgan fingerprint density at radius 3 is 2.72 bits per heavy atom. The van der Waals surface area contributed by atoms with E-state index < -0.39 is 5.97 Å². The van der Waals surface area contributed by atoms with E-state index in [1.54, 1.807) is 29.1 Å². The maximum Gasteiger partial charge on any atom is 0.338 e. The maximum atomic E-state index is 12.1. The van der Waals surface area contributed by atoms with Gasteiger partial charge >= 0.3 is 5.97 Å². The van der Waals surface area contributed by atoms with Crippen molar-refractivity contribution >= 4 is 39.5 Å². The SMILES string of the molecule is COC(=O)c1cccc2nc3c(c(C)nn3-c3ccccn3)c(Cl)c12. The average Bonchev–Trinajstić information content (AvgIpc) is 2.98. The summed E-state index contributed by atoms with van der Waals surface area (Å²) in [5.41, 5.74) is 2.28. The van der Waals surface area contributed by atoms with E-state index in [-0.39, 0.29) is 0 Å². The fourth-order valence-electron chi connectivity index (χ4n) is 2.90. The minimum atomic E-state index is -0.455. The van der Waals surface area contributed by atoms with Crippen LogP contribution in [0.4, 0.5) is 0 Å². The minimum Gasteiger partial charge on any atom is -0.465 e. The summed E-state index contributed by atoms with van der Waals surface area (Å²) >= 11 is 6.67. The highest BCUT2D eigenvalue weighted by molar-refractivity contribution is 6.41. The molecule has 0 N–H and O–H groups in total. The zero-order valence-corrected chi connectivity index (χ0v) is 14.3. The van der Waals surface area contributed by atoms with Gasteiger partial charge < -0.3 is 4.74 Å². The van der Waals surface area contributed by atoms with Crippen molar-refractivity contribution in [3.63, 3.8) is 0 Å². The first-order chi connectivity index (χ1) is 12.1. The van der Waals surface area contributed by atoms with E-state index in [9.17, 15) is 4.79 Å². The van der Waals surface area contributed by atoms with E-state index in [0.717, 1.165) is 0 Å². The molecule has 4 aromatic rings. The quantitative estimate of drug-likeness (QED) is 0.514. The molecule has 3 aromatic heterocycles. The lowest BCUT2D eigenvalue weighted by Crippen LogP contribution is -2.04. The molecule has 6 nitrogen and oxygen atoms in total. The first kappa shape index (κ1) is 15.5. The summed E-state index contributed by atoms with van der Waals surface area (Å²) in [6.45, 7) is 1.85. The molecule has 1 aromatic carbocycles. The van der Waals surface area contributed by atoms with Gasteiger partial charge in [0.25, 0.3) is 0 Å². The molecule has 0 aliphatic heterocycles. The number of aryl methyl sites for hydroxylation is 1. The molecule has 0 radical (unpaired) electrons. The van der Waals surface area contributed by atoms with Crippen molar-refractivity contribution < 1.29 is 9.53 Å². The summed E-state index contributed by atoms with van der Waals surface area (Å²) < 4.78 is 6.51. The van der Waals surface area contributed by atoms with Gasteiger partial charge in [-0.25, -0.2) is 14.8 Å². The summed E-state index contributed by atoms with van der Waals surface area (Å²) in [5.74, 6) is 0.191. The van der Waals surface area contributed by atoms with Gasteiger partial charge in [0.2, 0.25) is 0 Å². The van der Waals surface area contributed by atoms with Crippen LogP contribution in [0.1, 0.15) is 16.1 Å². The van der Waals surface area contributed by atoms with Crippen molar-refractivity contribution in [3.05, 3.63) is 58.9 Å². The summed E-state index contributed by atoms with van der Waals surface area (Å²) in [6.07, 6.45) is 1.69. The number of hydrogen-bond acceptors (Lipinski definition) is 5. The molecular weight excluding hydrogens is 340 g/mol. The summed E-state index contributed by atoms with van der Waals surface area (Å²) in [4.78, 5) is 21.1. The number of carbonyl (C=O) groups is 1. The summed E-state index contributed by atoms with van der Waals surface area (Å²) in [5, 5.41) is 6.21. The number of aromatic nitrogens is 4. The van der Waals surface area contributed by atoms with Crippen molar-refractivity contribution in [2.75, 3.05) is 7.11 Å². The highest BCUT2D eigenvalue weighted by Crippen LogP contribution is 2.35. The highest BCUT2D eigenvalue weighted by atomic mass is 35.5. The average molecular weight is 353 g/mol. The number of pyridine rings is 2. The Morgan fingerprint density at radius 2 is 2.00 bits per heavy atom. The monoisotopic (exact) mass is 352 g/mol. The summed E-state index contributed by atoms with van der Waals surface area (Å²) in [6, 6.07) is 10.8. The number of carbonyl (C=O) groups excluding carboxylic acids is 1. The smallest absolute Gasteiger partial charge is 0.338 e. The van der Waals surface area contributed by atoms with Gasteiger partial charge in [-0.3, -0.25) is 0 Å². The van der Waals surface area contributed by atoms with Gasteiger partial charge in [-0.1, -0.05) is 23.7 Å². The third kappa shape index (κ3) is 2.34. The first-order valence-corrected chi connectivity index (χ1v) is 7.97. The van der Waals surface area contributed by atoms with Gasteiger partial charge in [0.1, 0.15) is 0 Å². The zero-order chi connectivity index (χ0) is 17.6. The maximum absolute atomic E-state index is 12.1. The fraction of sp³-hybridized carbons (Fsp3) is 0.111. The predicted molar refractivity (Wildman–Crippen MR) is 95.3 cm³/mol. The Bertz CT molecular complexity index is 1120. The van der Waals surface area contributed by atoms with Crippen molar-refractivity contribution in [1.82, 2.24) is 19.7 Å². The number of esters is 1. The van der Waals surface area contributed by atoms with Gasteiger partial charge in [-0.05, 0) is 31.2 Å². The van der Waals surface area contributed by atoms with Gasteiger partial charge in [-0.2, -0.15) is 9.78 Å². The Balaban J connectivity index is 2.12. The standard InChI is InChI=1S/C18H13ClN4O2/c1-10-14-16(19)15-11(18(24)25-2)6-5-7-12(15)21-17(14)23(22-10)13-8-3-4-9-20-13/h3-9H,1-2H3. The van der Waals surface area contributed by atoms with E-state index in [1.165, 1.54) is 7.11 Å². The van der Waals surface area contributed by atoms with Gasteiger partial charge in [0, 0.05) is 11.6 Å². The van der Waals surface area contributed by atoms with Crippen LogP contribution in [0, 0.1) is 6.92 Å². The fourth-order valence-corrected chi connectivity index (χ4v) is 3.32. The number of halogens is 1. The van der Waals surface area contributed by atoms with Gasteiger partial charge in [-0.15, -0.1) is 0 Å². The van der Waals surface area contributed by atoms with Crippen LogP contribution < -0.4 is 0 Å². The molecule has 7 heteroatoms. The van der Waals surface area contributed by atoms with E-state index in [4.69, 9.17) is 16.3 Å². The highest BCUT2D eigenvalue weighted by Gasteiger charge is 2.21. The molecule has 0 atom stereocenters. The number of nitrogens with zero attached hydrogens (tertiary/aromatic N) is 4. The van der Waals surface area contributed by atoms with Gasteiger partial charge in [0.15, 0.2) is 11.5 Å². The Kier molecular flexibility index (Phi) is 3.62. The zero-order valence-electron chi connectivity index (χ0n) is 13.5. The molecule has 0 fully saturated rings. The number of rotatable bonds is 2. The topological polar surface area (TPSA) is 69.9 Å². The molecule has 124 valence electrons. The minimum absolute atomic E-state index is 0.379. The van der Waals surface area contributed by atoms with Crippen LogP contribution in [0.3, 0.4) is 0 Å². The van der Waals surface area contributed by atoms with Crippen LogP contribution in [0.25, 0.3) is 27.8 Å². The lowest BCUT2D eigenvalue weighted by atomic mass is 10.1. The molecule has 0 saturated carbocycles. The van der Waals surface area contributed by atoms with E-state index in [0.29, 0.717) is 44.0 Å². The van der Waals surface area contributed by atoms with Crippen molar-refractivity contribution in [1.29, 1.82) is 0 Å². The van der Waals surface area contributed by atoms with Crippen LogP contribution in [-0.4, -0.2) is 32.8 Å². The normalized spacial score (nSPS) is 11.2. The number of fused-ring (bicyclic) bond motifs is 2. The molecule has 0 bridgehead atoms. The molecule has 0 unspecified atom stereocenters. The van der Waals surface area contributed by atoms with Crippen molar-refractivity contribution in [2.24, 2.45) is 0 Å². The largest absolute Gasteiger partial charge is 0.465 e.